The van der Waals surface area contributed by atoms with Crippen molar-refractivity contribution in [1.82, 2.24) is 9.61 Å². The van der Waals surface area contributed by atoms with E-state index in [9.17, 15) is 31.9 Å². The molecule has 1 N–H and O–H groups in total. The highest BCUT2D eigenvalue weighted by molar-refractivity contribution is 5.76. The Morgan fingerprint density at radius 1 is 1.30 bits per heavy atom. The van der Waals surface area contributed by atoms with Crippen LogP contribution in [0.2, 0.25) is 0 Å². The normalized spacial score (nSPS) is 22.6. The molecule has 0 saturated heterocycles. The van der Waals surface area contributed by atoms with Crippen LogP contribution in [0.15, 0.2) is 18.3 Å². The zero-order valence-electron chi connectivity index (χ0n) is 17.1. The van der Waals surface area contributed by atoms with E-state index in [0.29, 0.717) is 11.5 Å². The number of hydrogen-bond acceptors (Lipinski definition) is 3. The number of carbonyl (C=O) groups is 1. The summed E-state index contributed by atoms with van der Waals surface area (Å²) in [5.41, 5.74) is 1.37. The van der Waals surface area contributed by atoms with Crippen molar-refractivity contribution in [2.24, 2.45) is 5.92 Å². The van der Waals surface area contributed by atoms with Crippen molar-refractivity contribution in [3.8, 4) is 0 Å². The van der Waals surface area contributed by atoms with Crippen molar-refractivity contribution in [2.75, 3.05) is 0 Å². The summed E-state index contributed by atoms with van der Waals surface area (Å²) in [6.45, 7) is 4.58. The van der Waals surface area contributed by atoms with Gasteiger partial charge in [-0.15, -0.1) is 5.10 Å². The molecule has 1 unspecified atom stereocenters. The molecule has 0 amide bonds. The number of fused-ring (bicyclic) bond motifs is 1. The number of alkyl halides is 4. The quantitative estimate of drug-likeness (QED) is 0.674. The third-order valence-electron chi connectivity index (χ3n) is 5.88. The molecule has 0 aliphatic heterocycles. The SMILES string of the molecule is CC(=O)CC1CC(F)(F)C1(F)F.CC(C)(O)c1ccn2nc(F)c(C3CCC3)c2c1. The molecule has 2 saturated carbocycles. The molecular weight excluding hydrogens is 407 g/mol. The van der Waals surface area contributed by atoms with Gasteiger partial charge in [0.25, 0.3) is 0 Å². The lowest BCUT2D eigenvalue weighted by Gasteiger charge is -2.43. The van der Waals surface area contributed by atoms with Gasteiger partial charge in [0.05, 0.1) is 11.1 Å². The van der Waals surface area contributed by atoms with Crippen molar-refractivity contribution in [1.29, 1.82) is 0 Å². The molecule has 166 valence electrons. The molecule has 2 aromatic rings. The highest BCUT2D eigenvalue weighted by Gasteiger charge is 2.71. The highest BCUT2D eigenvalue weighted by Crippen LogP contribution is 2.56. The zero-order valence-corrected chi connectivity index (χ0v) is 17.1. The van der Waals surface area contributed by atoms with Crippen LogP contribution in [0.1, 0.15) is 69.9 Å². The van der Waals surface area contributed by atoms with E-state index in [1.54, 1.807) is 30.6 Å². The molecule has 2 aliphatic rings. The predicted molar refractivity (Wildman–Crippen MR) is 100 cm³/mol. The van der Waals surface area contributed by atoms with Gasteiger partial charge in [0.1, 0.15) is 5.78 Å². The number of halogens is 5. The number of aliphatic hydroxyl groups is 1. The van der Waals surface area contributed by atoms with Crippen molar-refractivity contribution >= 4 is 11.3 Å². The van der Waals surface area contributed by atoms with Gasteiger partial charge in [0, 0.05) is 30.5 Å². The van der Waals surface area contributed by atoms with Crippen molar-refractivity contribution < 1.29 is 31.9 Å². The summed E-state index contributed by atoms with van der Waals surface area (Å²) in [6.07, 6.45) is 3.61. The summed E-state index contributed by atoms with van der Waals surface area (Å²) >= 11 is 0. The molecule has 2 aromatic heterocycles. The molecule has 4 nitrogen and oxygen atoms in total. The number of nitrogens with zero attached hydrogens (tertiary/aromatic N) is 2. The first-order valence-electron chi connectivity index (χ1n) is 9.89. The largest absolute Gasteiger partial charge is 0.386 e. The Kier molecular flexibility index (Phi) is 5.73. The van der Waals surface area contributed by atoms with Gasteiger partial charge in [-0.1, -0.05) is 6.42 Å². The molecule has 0 aromatic carbocycles. The first kappa shape index (κ1) is 22.7. The highest BCUT2D eigenvalue weighted by atomic mass is 19.3. The summed E-state index contributed by atoms with van der Waals surface area (Å²) in [7, 11) is 0. The van der Waals surface area contributed by atoms with Crippen molar-refractivity contribution in [3.63, 3.8) is 0 Å². The molecule has 0 spiro atoms. The van der Waals surface area contributed by atoms with Crippen LogP contribution in [-0.4, -0.2) is 32.3 Å². The van der Waals surface area contributed by atoms with Gasteiger partial charge in [-0.05, 0) is 57.2 Å². The lowest BCUT2D eigenvalue weighted by Crippen LogP contribution is -2.58. The second-order valence-electron chi connectivity index (χ2n) is 8.77. The van der Waals surface area contributed by atoms with Crippen molar-refractivity contribution in [3.05, 3.63) is 35.4 Å². The fraction of sp³-hybridized carbons (Fsp3) is 0.619. The molecule has 2 fully saturated rings. The molecule has 0 bridgehead atoms. The lowest BCUT2D eigenvalue weighted by atomic mass is 9.74. The van der Waals surface area contributed by atoms with Gasteiger partial charge < -0.3 is 9.90 Å². The molecule has 30 heavy (non-hydrogen) atoms. The maximum Gasteiger partial charge on any atom is 0.313 e. The summed E-state index contributed by atoms with van der Waals surface area (Å²) in [5, 5.41) is 13.9. The Morgan fingerprint density at radius 2 is 1.93 bits per heavy atom. The number of carbonyl (C=O) groups excluding carboxylic acids is 1. The van der Waals surface area contributed by atoms with Gasteiger partial charge in [-0.2, -0.15) is 22.0 Å². The Morgan fingerprint density at radius 3 is 2.37 bits per heavy atom. The second-order valence-corrected chi connectivity index (χ2v) is 8.77. The summed E-state index contributed by atoms with van der Waals surface area (Å²) in [6, 6.07) is 3.63. The molecule has 0 radical (unpaired) electrons. The molecular formula is C21H25F5N2O2. The predicted octanol–water partition coefficient (Wildman–Crippen LogP) is 5.22. The topological polar surface area (TPSA) is 54.6 Å². The fourth-order valence-corrected chi connectivity index (χ4v) is 3.78. The van der Waals surface area contributed by atoms with E-state index >= 15 is 0 Å². The van der Waals surface area contributed by atoms with E-state index in [1.807, 2.05) is 6.07 Å². The van der Waals surface area contributed by atoms with Crippen LogP contribution < -0.4 is 0 Å². The monoisotopic (exact) mass is 432 g/mol. The molecule has 9 heteroatoms. The summed E-state index contributed by atoms with van der Waals surface area (Å²) < 4.78 is 64.7. The number of rotatable bonds is 4. The summed E-state index contributed by atoms with van der Waals surface area (Å²) in [5.74, 6) is -9.92. The minimum absolute atomic E-state index is 0.291. The van der Waals surface area contributed by atoms with Gasteiger partial charge in [-0.25, -0.2) is 4.52 Å². The molecule has 2 heterocycles. The smallest absolute Gasteiger partial charge is 0.313 e. The minimum atomic E-state index is -3.99. The van der Waals surface area contributed by atoms with Crippen LogP contribution in [0, 0.1) is 11.9 Å². The Balaban J connectivity index is 0.000000187. The van der Waals surface area contributed by atoms with Crippen LogP contribution in [0.5, 0.6) is 0 Å². The average Bonchev–Trinajstić information content (AvgIpc) is 2.88. The summed E-state index contributed by atoms with van der Waals surface area (Å²) in [4.78, 5) is 10.4. The van der Waals surface area contributed by atoms with Crippen LogP contribution in [0.25, 0.3) is 5.52 Å². The first-order valence-corrected chi connectivity index (χ1v) is 9.89. The number of pyridine rings is 1. The average molecular weight is 432 g/mol. The second kappa shape index (κ2) is 7.59. The lowest BCUT2D eigenvalue weighted by molar-refractivity contribution is -0.313. The minimum Gasteiger partial charge on any atom is -0.386 e. The maximum absolute atomic E-state index is 13.9. The van der Waals surface area contributed by atoms with Crippen LogP contribution in [0.4, 0.5) is 22.0 Å². The van der Waals surface area contributed by atoms with Gasteiger partial charge >= 0.3 is 11.8 Å². The van der Waals surface area contributed by atoms with Crippen LogP contribution in [-0.2, 0) is 10.4 Å². The van der Waals surface area contributed by atoms with E-state index in [4.69, 9.17) is 0 Å². The maximum atomic E-state index is 13.9. The van der Waals surface area contributed by atoms with Gasteiger partial charge in [-0.3, -0.25) is 0 Å². The first-order chi connectivity index (χ1) is 13.7. The van der Waals surface area contributed by atoms with Gasteiger partial charge in [0.2, 0.25) is 5.95 Å². The van der Waals surface area contributed by atoms with E-state index in [1.165, 1.54) is 0 Å². The molecule has 1 atom stereocenters. The number of Topliss-reactive ketones (excluding diaryl/α,β-unsaturated/α-hetero) is 1. The third-order valence-corrected chi connectivity index (χ3v) is 5.88. The van der Waals surface area contributed by atoms with E-state index < -0.39 is 42.0 Å². The standard InChI is InChI=1S/C14H17FN2O.C7H8F4O/c1-14(2,18)10-6-7-17-11(8-10)12(13(15)16-17)9-4-3-5-9;1-4(12)2-5-3-6(8,9)7(5,10)11/h6-9,18H,3-5H2,1-2H3;5H,2-3H2,1H3. The molecule has 2 aliphatic carbocycles. The van der Waals surface area contributed by atoms with Crippen LogP contribution in [0.3, 0.4) is 0 Å². The van der Waals surface area contributed by atoms with Crippen LogP contribution >= 0.6 is 0 Å². The van der Waals surface area contributed by atoms with E-state index in [2.05, 4.69) is 5.10 Å². The Bertz CT molecular complexity index is 945. The van der Waals surface area contributed by atoms with Crippen molar-refractivity contribution in [2.45, 2.75) is 76.2 Å². The molecule has 4 rings (SSSR count). The number of ketones is 1. The Labute approximate surface area is 171 Å². The third kappa shape index (κ3) is 4.08. The van der Waals surface area contributed by atoms with Gasteiger partial charge in [0.15, 0.2) is 0 Å². The Hall–Kier alpha value is -2.03. The zero-order chi connectivity index (χ0) is 22.5. The number of hydrogen-bond donors (Lipinski definition) is 1. The fourth-order valence-electron chi connectivity index (χ4n) is 3.78. The van der Waals surface area contributed by atoms with E-state index in [-0.39, 0.29) is 5.95 Å². The van der Waals surface area contributed by atoms with E-state index in [0.717, 1.165) is 37.3 Å². The number of aromatic nitrogens is 2.